The molecule has 106 valence electrons. The number of rotatable bonds is 2. The number of nitrogens with zero attached hydrogens (tertiary/aromatic N) is 1. The molecule has 0 radical (unpaired) electrons. The zero-order chi connectivity index (χ0) is 13.4. The molecule has 0 aromatic carbocycles. The molecule has 4 nitrogen and oxygen atoms in total. The van der Waals surface area contributed by atoms with Crippen LogP contribution >= 0.6 is 0 Å². The van der Waals surface area contributed by atoms with Crippen molar-refractivity contribution >= 4 is 10.0 Å². The zero-order valence-electron chi connectivity index (χ0n) is 11.8. The second kappa shape index (κ2) is 5.10. The largest absolute Gasteiger partial charge is 0.315 e. The average Bonchev–Trinajstić information content (AvgIpc) is 2.59. The molecule has 2 fully saturated rings. The summed E-state index contributed by atoms with van der Waals surface area (Å²) >= 11 is 0. The van der Waals surface area contributed by atoms with E-state index >= 15 is 0 Å². The molecule has 18 heavy (non-hydrogen) atoms. The van der Waals surface area contributed by atoms with Crippen molar-refractivity contribution in [1.82, 2.24) is 9.62 Å². The summed E-state index contributed by atoms with van der Waals surface area (Å²) in [5.74, 6) is 0.819. The quantitative estimate of drug-likeness (QED) is 0.829. The molecule has 1 N–H and O–H groups in total. The normalized spacial score (nSPS) is 36.7. The van der Waals surface area contributed by atoms with Gasteiger partial charge >= 0.3 is 0 Å². The Morgan fingerprint density at radius 2 is 2.06 bits per heavy atom. The SMILES string of the molecule is CCC(C)(C)C1CNCC2CCCS(=O)(=O)N1C2. The maximum absolute atomic E-state index is 12.4. The third kappa shape index (κ3) is 2.73. The molecule has 2 rings (SSSR count). The molecule has 3 unspecified atom stereocenters. The monoisotopic (exact) mass is 274 g/mol. The standard InChI is InChI=1S/C13H26N2O2S/c1-4-13(2,3)12-9-14-8-11-6-5-7-18(16,17)15(12)10-11/h11-12,14H,4-10H2,1-3H3. The van der Waals surface area contributed by atoms with Gasteiger partial charge in [0.2, 0.25) is 10.0 Å². The lowest BCUT2D eigenvalue weighted by atomic mass is 9.82. The van der Waals surface area contributed by atoms with Crippen molar-refractivity contribution < 1.29 is 8.42 Å². The smallest absolute Gasteiger partial charge is 0.214 e. The van der Waals surface area contributed by atoms with Crippen LogP contribution in [0, 0.1) is 11.3 Å². The molecule has 0 aromatic heterocycles. The van der Waals surface area contributed by atoms with Gasteiger partial charge in [0.25, 0.3) is 0 Å². The van der Waals surface area contributed by atoms with Crippen LogP contribution in [0.3, 0.4) is 0 Å². The number of hydrogen-bond donors (Lipinski definition) is 1. The van der Waals surface area contributed by atoms with Gasteiger partial charge in [0.05, 0.1) is 5.75 Å². The summed E-state index contributed by atoms with van der Waals surface area (Å²) in [7, 11) is -3.06. The van der Waals surface area contributed by atoms with Gasteiger partial charge in [-0.05, 0) is 37.1 Å². The van der Waals surface area contributed by atoms with Gasteiger partial charge in [0.15, 0.2) is 0 Å². The fraction of sp³-hybridized carbons (Fsp3) is 1.00. The van der Waals surface area contributed by atoms with E-state index in [0.717, 1.165) is 32.4 Å². The molecule has 2 saturated heterocycles. The molecule has 2 bridgehead atoms. The summed E-state index contributed by atoms with van der Waals surface area (Å²) in [5.41, 5.74) is 0.0271. The highest BCUT2D eigenvalue weighted by Gasteiger charge is 2.42. The molecule has 5 heteroatoms. The van der Waals surface area contributed by atoms with E-state index in [2.05, 4.69) is 26.1 Å². The highest BCUT2D eigenvalue weighted by molar-refractivity contribution is 7.89. The molecule has 0 saturated carbocycles. The van der Waals surface area contributed by atoms with E-state index in [-0.39, 0.29) is 11.5 Å². The molecule has 0 spiro atoms. The number of nitrogens with one attached hydrogen (secondary N) is 1. The van der Waals surface area contributed by atoms with E-state index in [4.69, 9.17) is 0 Å². The molecule has 0 amide bonds. The van der Waals surface area contributed by atoms with Crippen molar-refractivity contribution in [1.29, 1.82) is 0 Å². The second-order valence-electron chi connectivity index (χ2n) is 6.41. The van der Waals surface area contributed by atoms with E-state index < -0.39 is 10.0 Å². The summed E-state index contributed by atoms with van der Waals surface area (Å²) in [6, 6.07) is 0.0931. The van der Waals surface area contributed by atoms with Crippen LogP contribution in [-0.4, -0.2) is 44.2 Å². The summed E-state index contributed by atoms with van der Waals surface area (Å²) in [4.78, 5) is 0. The van der Waals surface area contributed by atoms with Crippen molar-refractivity contribution in [3.05, 3.63) is 0 Å². The van der Waals surface area contributed by atoms with Crippen LogP contribution in [0.1, 0.15) is 40.0 Å². The topological polar surface area (TPSA) is 49.4 Å². The summed E-state index contributed by atoms with van der Waals surface area (Å²) in [6.45, 7) is 8.97. The van der Waals surface area contributed by atoms with Crippen molar-refractivity contribution in [3.63, 3.8) is 0 Å². The highest BCUT2D eigenvalue weighted by Crippen LogP contribution is 2.34. The Labute approximate surface area is 111 Å². The predicted molar refractivity (Wildman–Crippen MR) is 73.9 cm³/mol. The first-order chi connectivity index (χ1) is 8.37. The van der Waals surface area contributed by atoms with Gasteiger partial charge < -0.3 is 5.32 Å². The van der Waals surface area contributed by atoms with Gasteiger partial charge in [-0.2, -0.15) is 4.31 Å². The Bertz CT molecular complexity index is 392. The Kier molecular flexibility index (Phi) is 4.04. The second-order valence-corrected chi connectivity index (χ2v) is 8.45. The number of sulfonamides is 1. The average molecular weight is 274 g/mol. The van der Waals surface area contributed by atoms with E-state index in [0.29, 0.717) is 18.2 Å². The number of fused-ring (bicyclic) bond motifs is 2. The Morgan fingerprint density at radius 1 is 1.33 bits per heavy atom. The molecular formula is C13H26N2O2S. The number of hydrogen-bond acceptors (Lipinski definition) is 3. The van der Waals surface area contributed by atoms with Crippen LogP contribution < -0.4 is 5.32 Å². The first-order valence-electron chi connectivity index (χ1n) is 7.07. The van der Waals surface area contributed by atoms with Crippen molar-refractivity contribution in [2.24, 2.45) is 11.3 Å². The summed E-state index contributed by atoms with van der Waals surface area (Å²) < 4.78 is 26.7. The third-order valence-corrected chi connectivity index (χ3v) is 6.66. The molecule has 0 aromatic rings. The first-order valence-corrected chi connectivity index (χ1v) is 8.68. The van der Waals surface area contributed by atoms with Crippen molar-refractivity contribution in [2.45, 2.75) is 46.1 Å². The fourth-order valence-corrected chi connectivity index (χ4v) is 5.00. The minimum atomic E-state index is -3.06. The van der Waals surface area contributed by atoms with Crippen LogP contribution in [0.15, 0.2) is 0 Å². The minimum Gasteiger partial charge on any atom is -0.315 e. The van der Waals surface area contributed by atoms with Crippen molar-refractivity contribution in [3.8, 4) is 0 Å². The molecule has 3 atom stereocenters. The predicted octanol–water partition coefficient (Wildman–Crippen LogP) is 1.44. The zero-order valence-corrected chi connectivity index (χ0v) is 12.6. The Balaban J connectivity index is 2.35. The minimum absolute atomic E-state index is 0.0271. The van der Waals surface area contributed by atoms with E-state index in [1.54, 1.807) is 0 Å². The molecule has 2 aliphatic heterocycles. The van der Waals surface area contributed by atoms with Gasteiger partial charge in [-0.25, -0.2) is 8.42 Å². The summed E-state index contributed by atoms with van der Waals surface area (Å²) in [6.07, 6.45) is 2.84. The van der Waals surface area contributed by atoms with E-state index in [1.165, 1.54) is 0 Å². The molecule has 0 aliphatic carbocycles. The third-order valence-electron chi connectivity index (χ3n) is 4.74. The van der Waals surface area contributed by atoms with Crippen molar-refractivity contribution in [2.75, 3.05) is 25.4 Å². The molecular weight excluding hydrogens is 248 g/mol. The van der Waals surface area contributed by atoms with Gasteiger partial charge in [0.1, 0.15) is 0 Å². The van der Waals surface area contributed by atoms with Gasteiger partial charge in [-0.3, -0.25) is 0 Å². The van der Waals surface area contributed by atoms with Crippen LogP contribution in [0.5, 0.6) is 0 Å². The Morgan fingerprint density at radius 3 is 2.72 bits per heavy atom. The van der Waals surface area contributed by atoms with Gasteiger partial charge in [0, 0.05) is 19.1 Å². The van der Waals surface area contributed by atoms with Crippen LogP contribution in [-0.2, 0) is 10.0 Å². The van der Waals surface area contributed by atoms with E-state index in [1.807, 2.05) is 4.31 Å². The lowest BCUT2D eigenvalue weighted by molar-refractivity contribution is 0.156. The lowest BCUT2D eigenvalue weighted by Gasteiger charge is -2.39. The van der Waals surface area contributed by atoms with Gasteiger partial charge in [-0.1, -0.05) is 20.8 Å². The first kappa shape index (κ1) is 14.3. The van der Waals surface area contributed by atoms with Crippen LogP contribution in [0.2, 0.25) is 0 Å². The fourth-order valence-electron chi connectivity index (χ4n) is 3.05. The van der Waals surface area contributed by atoms with Crippen LogP contribution in [0.25, 0.3) is 0 Å². The lowest BCUT2D eigenvalue weighted by Crippen LogP contribution is -2.51. The summed E-state index contributed by atoms with van der Waals surface area (Å²) in [5, 5.41) is 3.47. The highest BCUT2D eigenvalue weighted by atomic mass is 32.2. The van der Waals surface area contributed by atoms with Gasteiger partial charge in [-0.15, -0.1) is 0 Å². The maximum Gasteiger partial charge on any atom is 0.214 e. The van der Waals surface area contributed by atoms with E-state index in [9.17, 15) is 8.42 Å². The molecule has 2 aliphatic rings. The van der Waals surface area contributed by atoms with Crippen LogP contribution in [0.4, 0.5) is 0 Å². The Hall–Kier alpha value is -0.130. The molecule has 2 heterocycles. The maximum atomic E-state index is 12.4.